The number of hydrogen-bond acceptors (Lipinski definition) is 2. The number of ether oxygens (including phenoxy) is 1. The Morgan fingerprint density at radius 1 is 1.28 bits per heavy atom. The van der Waals surface area contributed by atoms with Crippen molar-refractivity contribution >= 4 is 27.3 Å². The molecule has 0 aliphatic rings. The lowest BCUT2D eigenvalue weighted by Gasteiger charge is -2.14. The van der Waals surface area contributed by atoms with Crippen LogP contribution < -0.4 is 4.74 Å². The molecule has 0 saturated heterocycles. The van der Waals surface area contributed by atoms with Crippen LogP contribution in [0, 0.1) is 6.92 Å². The zero-order valence-corrected chi connectivity index (χ0v) is 13.3. The summed E-state index contributed by atoms with van der Waals surface area (Å²) in [6.07, 6.45) is 1.09. The van der Waals surface area contributed by atoms with Gasteiger partial charge < -0.3 is 4.74 Å². The minimum Gasteiger partial charge on any atom is -0.496 e. The van der Waals surface area contributed by atoms with Crippen LogP contribution >= 0.6 is 27.3 Å². The highest BCUT2D eigenvalue weighted by Gasteiger charge is 2.17. The van der Waals surface area contributed by atoms with Crippen molar-refractivity contribution in [3.63, 3.8) is 0 Å². The SMILES string of the molecule is CCc1ccc(C(Br)c2cc(C)ccc2OC)s1. The lowest BCUT2D eigenvalue weighted by molar-refractivity contribution is 0.410. The van der Waals surface area contributed by atoms with Crippen molar-refractivity contribution in [1.29, 1.82) is 0 Å². The van der Waals surface area contributed by atoms with Gasteiger partial charge in [-0.25, -0.2) is 0 Å². The minimum absolute atomic E-state index is 0.206. The molecule has 0 saturated carbocycles. The number of methoxy groups -OCH3 is 1. The first kappa shape index (κ1) is 13.6. The zero-order chi connectivity index (χ0) is 13.1. The second-order valence-corrected chi connectivity index (χ2v) is 6.38. The van der Waals surface area contributed by atoms with Crippen molar-refractivity contribution < 1.29 is 4.74 Å². The van der Waals surface area contributed by atoms with Gasteiger partial charge in [-0.1, -0.05) is 40.5 Å². The van der Waals surface area contributed by atoms with Crippen molar-refractivity contribution in [2.24, 2.45) is 0 Å². The van der Waals surface area contributed by atoms with Crippen LogP contribution in [-0.4, -0.2) is 7.11 Å². The summed E-state index contributed by atoms with van der Waals surface area (Å²) in [5, 5.41) is 0. The molecule has 0 amide bonds. The van der Waals surface area contributed by atoms with Crippen molar-refractivity contribution in [3.05, 3.63) is 51.2 Å². The topological polar surface area (TPSA) is 9.23 Å². The van der Waals surface area contributed by atoms with Crippen LogP contribution in [0.2, 0.25) is 0 Å². The number of rotatable bonds is 4. The summed E-state index contributed by atoms with van der Waals surface area (Å²) in [6.45, 7) is 4.29. The van der Waals surface area contributed by atoms with E-state index in [4.69, 9.17) is 4.74 Å². The molecule has 1 atom stereocenters. The van der Waals surface area contributed by atoms with Gasteiger partial charge in [-0.2, -0.15) is 0 Å². The molecule has 0 fully saturated rings. The van der Waals surface area contributed by atoms with Gasteiger partial charge >= 0.3 is 0 Å². The molecule has 3 heteroatoms. The first-order valence-corrected chi connectivity index (χ1v) is 7.76. The smallest absolute Gasteiger partial charge is 0.123 e. The molecule has 0 N–H and O–H groups in total. The molecule has 96 valence electrons. The summed E-state index contributed by atoms with van der Waals surface area (Å²) in [5.41, 5.74) is 2.45. The Labute approximate surface area is 121 Å². The molecule has 2 aromatic rings. The fourth-order valence-corrected chi connectivity index (χ4v) is 3.67. The molecule has 0 aliphatic carbocycles. The second kappa shape index (κ2) is 5.89. The maximum Gasteiger partial charge on any atom is 0.123 e. The number of alkyl halides is 1. The fraction of sp³-hybridized carbons (Fsp3) is 0.333. The van der Waals surface area contributed by atoms with Crippen molar-refractivity contribution in [3.8, 4) is 5.75 Å². The van der Waals surface area contributed by atoms with Crippen LogP contribution in [0.3, 0.4) is 0 Å². The third kappa shape index (κ3) is 2.78. The Kier molecular flexibility index (Phi) is 4.46. The Bertz CT molecular complexity index is 533. The lowest BCUT2D eigenvalue weighted by Crippen LogP contribution is -1.96. The number of benzene rings is 1. The van der Waals surface area contributed by atoms with Crippen LogP contribution in [0.25, 0.3) is 0 Å². The number of hydrogen-bond donors (Lipinski definition) is 0. The van der Waals surface area contributed by atoms with Gasteiger partial charge in [-0.05, 0) is 31.5 Å². The maximum absolute atomic E-state index is 5.45. The summed E-state index contributed by atoms with van der Waals surface area (Å²) in [5.74, 6) is 0.939. The third-order valence-corrected chi connectivity index (χ3v) is 5.52. The van der Waals surface area contributed by atoms with Crippen molar-refractivity contribution in [1.82, 2.24) is 0 Å². The molecule has 1 aromatic carbocycles. The van der Waals surface area contributed by atoms with E-state index >= 15 is 0 Å². The molecule has 1 aromatic heterocycles. The van der Waals surface area contributed by atoms with Crippen LogP contribution in [0.4, 0.5) is 0 Å². The largest absolute Gasteiger partial charge is 0.496 e. The molecule has 18 heavy (non-hydrogen) atoms. The lowest BCUT2D eigenvalue weighted by atomic mass is 10.1. The van der Waals surface area contributed by atoms with E-state index in [-0.39, 0.29) is 4.83 Å². The predicted molar refractivity (Wildman–Crippen MR) is 82.2 cm³/mol. The van der Waals surface area contributed by atoms with Crippen molar-refractivity contribution in [2.75, 3.05) is 7.11 Å². The average molecular weight is 325 g/mol. The van der Waals surface area contributed by atoms with E-state index in [9.17, 15) is 0 Å². The van der Waals surface area contributed by atoms with Gasteiger partial charge in [-0.15, -0.1) is 11.3 Å². The van der Waals surface area contributed by atoms with Crippen LogP contribution in [0.15, 0.2) is 30.3 Å². The van der Waals surface area contributed by atoms with Gasteiger partial charge in [0, 0.05) is 15.3 Å². The first-order valence-electron chi connectivity index (χ1n) is 6.03. The van der Waals surface area contributed by atoms with E-state index in [2.05, 4.69) is 54.0 Å². The highest BCUT2D eigenvalue weighted by atomic mass is 79.9. The Balaban J connectivity index is 2.38. The quantitative estimate of drug-likeness (QED) is 0.710. The minimum atomic E-state index is 0.206. The Morgan fingerprint density at radius 3 is 2.67 bits per heavy atom. The van der Waals surface area contributed by atoms with Crippen LogP contribution in [0.1, 0.15) is 32.6 Å². The van der Waals surface area contributed by atoms with E-state index in [1.54, 1.807) is 7.11 Å². The summed E-state index contributed by atoms with van der Waals surface area (Å²) in [6, 6.07) is 10.7. The van der Waals surface area contributed by atoms with Gasteiger partial charge in [0.15, 0.2) is 0 Å². The molecule has 0 aliphatic heterocycles. The van der Waals surface area contributed by atoms with Crippen LogP contribution in [-0.2, 0) is 6.42 Å². The molecular weight excluding hydrogens is 308 g/mol. The van der Waals surface area contributed by atoms with E-state index in [0.29, 0.717) is 0 Å². The second-order valence-electron chi connectivity index (χ2n) is 4.27. The number of thiophene rings is 1. The summed E-state index contributed by atoms with van der Waals surface area (Å²) >= 11 is 5.65. The van der Waals surface area contributed by atoms with E-state index in [1.165, 1.54) is 20.9 Å². The van der Waals surface area contributed by atoms with E-state index in [1.807, 2.05) is 17.4 Å². The molecular formula is C15H17BrOS. The summed E-state index contributed by atoms with van der Waals surface area (Å²) < 4.78 is 5.45. The van der Waals surface area contributed by atoms with Gasteiger partial charge in [-0.3, -0.25) is 0 Å². The molecule has 0 radical (unpaired) electrons. The normalized spacial score (nSPS) is 12.4. The molecule has 0 spiro atoms. The van der Waals surface area contributed by atoms with E-state index < -0.39 is 0 Å². The van der Waals surface area contributed by atoms with Crippen LogP contribution in [0.5, 0.6) is 5.75 Å². The molecule has 2 rings (SSSR count). The number of aryl methyl sites for hydroxylation is 2. The Morgan fingerprint density at radius 2 is 2.06 bits per heavy atom. The summed E-state index contributed by atoms with van der Waals surface area (Å²) in [7, 11) is 1.72. The highest BCUT2D eigenvalue weighted by molar-refractivity contribution is 9.09. The average Bonchev–Trinajstić information content (AvgIpc) is 2.86. The number of halogens is 1. The first-order chi connectivity index (χ1) is 8.65. The zero-order valence-electron chi connectivity index (χ0n) is 10.9. The van der Waals surface area contributed by atoms with E-state index in [0.717, 1.165) is 12.2 Å². The third-order valence-electron chi connectivity index (χ3n) is 2.94. The predicted octanol–water partition coefficient (Wildman–Crippen LogP) is 5.11. The molecule has 1 heterocycles. The molecule has 0 bridgehead atoms. The van der Waals surface area contributed by atoms with Gasteiger partial charge in [0.25, 0.3) is 0 Å². The summed E-state index contributed by atoms with van der Waals surface area (Å²) in [4.78, 5) is 2.95. The van der Waals surface area contributed by atoms with Crippen molar-refractivity contribution in [2.45, 2.75) is 25.1 Å². The maximum atomic E-state index is 5.45. The van der Waals surface area contributed by atoms with Gasteiger partial charge in [0.05, 0.1) is 11.9 Å². The fourth-order valence-electron chi connectivity index (χ4n) is 1.93. The highest BCUT2D eigenvalue weighted by Crippen LogP contribution is 2.40. The standard InChI is InChI=1S/C15H17BrOS/c1-4-11-6-8-14(18-11)15(16)12-9-10(2)5-7-13(12)17-3/h5-9,15H,4H2,1-3H3. The van der Waals surface area contributed by atoms with Gasteiger partial charge in [0.2, 0.25) is 0 Å². The van der Waals surface area contributed by atoms with Gasteiger partial charge in [0.1, 0.15) is 5.75 Å². The molecule has 1 nitrogen and oxygen atoms in total. The molecule has 1 unspecified atom stereocenters. The monoisotopic (exact) mass is 324 g/mol. The Hall–Kier alpha value is -0.800.